The molecule has 1 saturated heterocycles. The topological polar surface area (TPSA) is 114 Å². The Morgan fingerprint density at radius 2 is 1.69 bits per heavy atom. The number of amides is 3. The average molecular weight is 508 g/mol. The maximum Gasteiger partial charge on any atom is 0.286 e. The van der Waals surface area contributed by atoms with Crippen molar-refractivity contribution in [2.75, 3.05) is 25.5 Å². The zero-order valence-electron chi connectivity index (χ0n) is 20.3. The number of rotatable bonds is 8. The van der Waals surface area contributed by atoms with Gasteiger partial charge in [-0.25, -0.2) is 0 Å². The maximum atomic E-state index is 12.9. The maximum absolute atomic E-state index is 12.9. The molecule has 3 amide bonds. The third kappa shape index (κ3) is 6.45. The van der Waals surface area contributed by atoms with E-state index < -0.39 is 5.91 Å². The fourth-order valence-corrected chi connectivity index (χ4v) is 4.83. The van der Waals surface area contributed by atoms with Crippen LogP contribution in [-0.2, 0) is 4.79 Å². The molecule has 0 bridgehead atoms. The fraction of sp³-hybridized carbons (Fsp3) is 0.346. The normalized spacial score (nSPS) is 14.7. The lowest BCUT2D eigenvalue weighted by molar-refractivity contribution is -0.122. The van der Waals surface area contributed by atoms with Gasteiger partial charge in [0.05, 0.1) is 13.2 Å². The summed E-state index contributed by atoms with van der Waals surface area (Å²) >= 11 is 0.972. The molecule has 4 rings (SSSR count). The predicted molar refractivity (Wildman–Crippen MR) is 137 cm³/mol. The summed E-state index contributed by atoms with van der Waals surface area (Å²) in [6.45, 7) is 3.05. The molecule has 1 aliphatic heterocycles. The van der Waals surface area contributed by atoms with Crippen molar-refractivity contribution in [3.05, 3.63) is 70.2 Å². The lowest BCUT2D eigenvalue weighted by atomic mass is 9.93. The highest BCUT2D eigenvalue weighted by Crippen LogP contribution is 2.24. The van der Waals surface area contributed by atoms with E-state index in [1.54, 1.807) is 36.3 Å². The Labute approximate surface area is 213 Å². The molecule has 0 spiro atoms. The minimum atomic E-state index is -0.425. The summed E-state index contributed by atoms with van der Waals surface area (Å²) in [7, 11) is 1.57. The lowest BCUT2D eigenvalue weighted by Crippen LogP contribution is -2.39. The van der Waals surface area contributed by atoms with Crippen molar-refractivity contribution >= 4 is 34.7 Å². The second-order valence-corrected chi connectivity index (χ2v) is 9.71. The Hall–Kier alpha value is -3.79. The second-order valence-electron chi connectivity index (χ2n) is 8.73. The number of piperidine rings is 1. The molecule has 2 aromatic carbocycles. The molecule has 2 heterocycles. The highest BCUT2D eigenvalue weighted by molar-refractivity contribution is 7.15. The van der Waals surface area contributed by atoms with Crippen LogP contribution in [0, 0.1) is 5.92 Å². The van der Waals surface area contributed by atoms with Crippen molar-refractivity contribution in [1.29, 1.82) is 0 Å². The molecule has 1 aliphatic rings. The number of methoxy groups -OCH3 is 1. The molecule has 1 atom stereocenters. The van der Waals surface area contributed by atoms with Gasteiger partial charge >= 0.3 is 0 Å². The van der Waals surface area contributed by atoms with E-state index in [0.29, 0.717) is 30.9 Å². The number of anilines is 1. The van der Waals surface area contributed by atoms with Crippen molar-refractivity contribution in [2.24, 2.45) is 5.92 Å². The third-order valence-electron chi connectivity index (χ3n) is 6.20. The van der Waals surface area contributed by atoms with Crippen LogP contribution in [0.3, 0.4) is 0 Å². The van der Waals surface area contributed by atoms with E-state index in [0.717, 1.165) is 29.7 Å². The summed E-state index contributed by atoms with van der Waals surface area (Å²) < 4.78 is 5.11. The van der Waals surface area contributed by atoms with E-state index in [9.17, 15) is 14.4 Å². The number of likely N-dealkylation sites (tertiary alicyclic amines) is 1. The highest BCUT2D eigenvalue weighted by atomic mass is 32.1. The number of benzene rings is 2. The summed E-state index contributed by atoms with van der Waals surface area (Å²) in [6.07, 6.45) is 1.92. The minimum absolute atomic E-state index is 0.0211. The summed E-state index contributed by atoms with van der Waals surface area (Å²) in [6, 6.07) is 16.7. The van der Waals surface area contributed by atoms with E-state index in [-0.39, 0.29) is 33.8 Å². The van der Waals surface area contributed by atoms with Crippen LogP contribution in [0.2, 0.25) is 0 Å². The van der Waals surface area contributed by atoms with Crippen LogP contribution in [0.1, 0.15) is 57.4 Å². The van der Waals surface area contributed by atoms with Crippen molar-refractivity contribution in [3.63, 3.8) is 0 Å². The quantitative estimate of drug-likeness (QED) is 0.478. The minimum Gasteiger partial charge on any atom is -0.497 e. The lowest BCUT2D eigenvalue weighted by Gasteiger charge is -2.31. The van der Waals surface area contributed by atoms with Crippen molar-refractivity contribution in [1.82, 2.24) is 20.4 Å². The van der Waals surface area contributed by atoms with Gasteiger partial charge in [0.15, 0.2) is 0 Å². The van der Waals surface area contributed by atoms with Gasteiger partial charge < -0.3 is 20.3 Å². The molecule has 2 N–H and O–H groups in total. The zero-order chi connectivity index (χ0) is 25.5. The van der Waals surface area contributed by atoms with Crippen molar-refractivity contribution in [3.8, 4) is 5.75 Å². The van der Waals surface area contributed by atoms with Crippen LogP contribution < -0.4 is 15.4 Å². The molecule has 3 aromatic rings. The monoisotopic (exact) mass is 507 g/mol. The van der Waals surface area contributed by atoms with Gasteiger partial charge in [-0.2, -0.15) is 0 Å². The molecule has 1 aromatic heterocycles. The van der Waals surface area contributed by atoms with Crippen LogP contribution in [0.25, 0.3) is 0 Å². The summed E-state index contributed by atoms with van der Waals surface area (Å²) in [5, 5.41) is 13.9. The molecule has 0 saturated carbocycles. The Balaban J connectivity index is 1.24. The molecule has 10 heteroatoms. The SMILES string of the molecule is COc1ccc(NC(=O)c2nnc(C(=O)N3CCC(CC(=O)NC(C)c4ccccc4)CC3)s2)cc1. The number of carbonyl (C=O) groups excluding carboxylic acids is 3. The van der Waals surface area contributed by atoms with Crippen molar-refractivity contribution in [2.45, 2.75) is 32.2 Å². The number of ether oxygens (including phenoxy) is 1. The fourth-order valence-electron chi connectivity index (χ4n) is 4.12. The van der Waals surface area contributed by atoms with E-state index in [1.807, 2.05) is 37.3 Å². The third-order valence-corrected chi connectivity index (χ3v) is 7.11. The molecule has 36 heavy (non-hydrogen) atoms. The Morgan fingerprint density at radius 1 is 1.03 bits per heavy atom. The van der Waals surface area contributed by atoms with Crippen LogP contribution in [0.15, 0.2) is 54.6 Å². The standard InChI is InChI=1S/C26H29N5O4S/c1-17(19-6-4-3-5-7-19)27-22(32)16-18-12-14-31(15-13-18)26(34)25-30-29-24(36-25)23(33)28-20-8-10-21(35-2)11-9-20/h3-11,17-18H,12-16H2,1-2H3,(H,27,32)(H,28,33). The Kier molecular flexibility index (Phi) is 8.27. The summed E-state index contributed by atoms with van der Waals surface area (Å²) in [5.41, 5.74) is 1.66. The van der Waals surface area contributed by atoms with Crippen LogP contribution in [0.5, 0.6) is 5.75 Å². The first kappa shape index (κ1) is 25.3. The van der Waals surface area contributed by atoms with Gasteiger partial charge in [0.2, 0.25) is 15.9 Å². The molecule has 0 radical (unpaired) electrons. The second kappa shape index (κ2) is 11.8. The molecule has 9 nitrogen and oxygen atoms in total. The molecule has 1 fully saturated rings. The number of hydrogen-bond acceptors (Lipinski definition) is 7. The summed E-state index contributed by atoms with van der Waals surface area (Å²) in [4.78, 5) is 39.6. The van der Waals surface area contributed by atoms with Crippen LogP contribution in [0.4, 0.5) is 5.69 Å². The van der Waals surface area contributed by atoms with Gasteiger partial charge in [0.1, 0.15) is 5.75 Å². The van der Waals surface area contributed by atoms with E-state index in [4.69, 9.17) is 4.74 Å². The first-order chi connectivity index (χ1) is 17.4. The first-order valence-corrected chi connectivity index (χ1v) is 12.7. The predicted octanol–water partition coefficient (Wildman–Crippen LogP) is 3.92. The van der Waals surface area contributed by atoms with Gasteiger partial charge in [0.25, 0.3) is 11.8 Å². The van der Waals surface area contributed by atoms with E-state index >= 15 is 0 Å². The van der Waals surface area contributed by atoms with Crippen LogP contribution >= 0.6 is 11.3 Å². The van der Waals surface area contributed by atoms with E-state index in [1.165, 1.54) is 0 Å². The van der Waals surface area contributed by atoms with Gasteiger partial charge in [-0.15, -0.1) is 10.2 Å². The van der Waals surface area contributed by atoms with E-state index in [2.05, 4.69) is 20.8 Å². The molecule has 0 aliphatic carbocycles. The Bertz CT molecular complexity index is 1190. The molecule has 1 unspecified atom stereocenters. The number of nitrogens with zero attached hydrogens (tertiary/aromatic N) is 3. The Morgan fingerprint density at radius 3 is 2.36 bits per heavy atom. The van der Waals surface area contributed by atoms with Crippen LogP contribution in [-0.4, -0.2) is 53.0 Å². The summed E-state index contributed by atoms with van der Waals surface area (Å²) in [5.74, 6) is 0.260. The average Bonchev–Trinajstić information content (AvgIpc) is 3.40. The smallest absolute Gasteiger partial charge is 0.286 e. The first-order valence-electron chi connectivity index (χ1n) is 11.9. The number of hydrogen-bond donors (Lipinski definition) is 2. The highest BCUT2D eigenvalue weighted by Gasteiger charge is 2.28. The molecular weight excluding hydrogens is 478 g/mol. The van der Waals surface area contributed by atoms with Gasteiger partial charge in [-0.05, 0) is 55.5 Å². The van der Waals surface area contributed by atoms with Gasteiger partial charge in [0, 0.05) is 25.2 Å². The van der Waals surface area contributed by atoms with Gasteiger partial charge in [-0.3, -0.25) is 14.4 Å². The number of carbonyl (C=O) groups is 3. The molecular formula is C26H29N5O4S. The van der Waals surface area contributed by atoms with Gasteiger partial charge in [-0.1, -0.05) is 41.7 Å². The number of nitrogens with one attached hydrogen (secondary N) is 2. The zero-order valence-corrected chi connectivity index (χ0v) is 21.1. The largest absolute Gasteiger partial charge is 0.497 e. The molecule has 188 valence electrons. The number of aromatic nitrogens is 2. The van der Waals surface area contributed by atoms with Crippen molar-refractivity contribution < 1.29 is 19.1 Å².